The summed E-state index contributed by atoms with van der Waals surface area (Å²) < 4.78 is 26.3. The predicted molar refractivity (Wildman–Crippen MR) is 203 cm³/mol. The molecule has 0 aliphatic rings. The Kier molecular flexibility index (Phi) is 36.1. The lowest BCUT2D eigenvalue weighted by atomic mass is 10.0. The van der Waals surface area contributed by atoms with E-state index in [1.807, 2.05) is 0 Å². The van der Waals surface area contributed by atoms with Crippen LogP contribution in [-0.2, 0) is 28.2 Å². The van der Waals surface area contributed by atoms with Gasteiger partial charge in [-0.05, 0) is 12.8 Å². The number of carbonyl (C=O) groups is 2. The van der Waals surface area contributed by atoms with Crippen LogP contribution in [0, 0.1) is 0 Å². The van der Waals surface area contributed by atoms with Gasteiger partial charge in [-0.1, -0.05) is 200 Å². The highest BCUT2D eigenvalue weighted by Gasteiger charge is 2.22. The van der Waals surface area contributed by atoms with E-state index in [-0.39, 0.29) is 19.4 Å². The van der Waals surface area contributed by atoms with Gasteiger partial charge < -0.3 is 19.3 Å². The largest absolute Gasteiger partial charge is 0.469 e. The number of esters is 2. The van der Waals surface area contributed by atoms with Crippen LogP contribution < -0.4 is 0 Å². The van der Waals surface area contributed by atoms with Gasteiger partial charge in [-0.15, -0.1) is 0 Å². The highest BCUT2D eigenvalue weighted by atomic mass is 31.2. The van der Waals surface area contributed by atoms with E-state index in [2.05, 4.69) is 18.4 Å². The van der Waals surface area contributed by atoms with Crippen molar-refractivity contribution in [2.45, 2.75) is 232 Å². The summed E-state index contributed by atoms with van der Waals surface area (Å²) in [5.74, 6) is -0.875. The minimum absolute atomic E-state index is 0.217. The van der Waals surface area contributed by atoms with E-state index in [4.69, 9.17) is 19.3 Å². The summed E-state index contributed by atoms with van der Waals surface area (Å²) in [6, 6.07) is 0. The van der Waals surface area contributed by atoms with E-state index in [0.717, 1.165) is 38.5 Å². The van der Waals surface area contributed by atoms with E-state index in [1.54, 1.807) is 0 Å². The Morgan fingerprint density at radius 1 is 0.449 bits per heavy atom. The van der Waals surface area contributed by atoms with Gasteiger partial charge in [0.25, 0.3) is 0 Å². The standard InChI is InChI=1S/C40H79O8P/c1-3-5-7-9-11-13-14-15-16-17-18-19-20-21-22-23-24-25-26-27-29-30-32-34-39(41)46-36-38(37-47-49(43,44)45)48-40(42)35-33-31-28-12-10-8-6-4-2/h38H,3-37H2,1-2H3,(H2,43,44,45)/t38-/m1/s1. The SMILES string of the molecule is CCCCCCCCCCCCCCCCCCCCCCCCCC(=O)OC[C@H](COP(=O)(O)O)OC(=O)CCCCCCCCCC. The third-order valence-corrected chi connectivity index (χ3v) is 9.86. The van der Waals surface area contributed by atoms with Crippen LogP contribution in [0.5, 0.6) is 0 Å². The van der Waals surface area contributed by atoms with Crippen molar-refractivity contribution in [2.24, 2.45) is 0 Å². The maximum absolute atomic E-state index is 12.3. The van der Waals surface area contributed by atoms with Gasteiger partial charge in [-0.2, -0.15) is 0 Å². The summed E-state index contributed by atoms with van der Waals surface area (Å²) in [5.41, 5.74) is 0. The number of phosphoric acid groups is 1. The van der Waals surface area contributed by atoms with Gasteiger partial charge in [0, 0.05) is 12.8 Å². The van der Waals surface area contributed by atoms with Gasteiger partial charge >= 0.3 is 19.8 Å². The van der Waals surface area contributed by atoms with Crippen LogP contribution >= 0.6 is 7.82 Å². The average Bonchev–Trinajstić information content (AvgIpc) is 3.07. The fourth-order valence-electron chi connectivity index (χ4n) is 6.26. The summed E-state index contributed by atoms with van der Waals surface area (Å²) >= 11 is 0. The normalized spacial score (nSPS) is 12.3. The maximum Gasteiger partial charge on any atom is 0.469 e. The van der Waals surface area contributed by atoms with Crippen LogP contribution in [-0.4, -0.2) is 41.0 Å². The summed E-state index contributed by atoms with van der Waals surface area (Å²) in [4.78, 5) is 42.6. The smallest absolute Gasteiger partial charge is 0.462 e. The molecule has 0 fully saturated rings. The lowest BCUT2D eigenvalue weighted by Crippen LogP contribution is -2.29. The van der Waals surface area contributed by atoms with E-state index in [9.17, 15) is 14.2 Å². The molecule has 49 heavy (non-hydrogen) atoms. The molecule has 0 spiro atoms. The molecule has 2 N–H and O–H groups in total. The number of phosphoric ester groups is 1. The molecule has 0 aliphatic heterocycles. The topological polar surface area (TPSA) is 119 Å². The summed E-state index contributed by atoms with van der Waals surface area (Å²) in [6.07, 6.45) is 38.6. The lowest BCUT2D eigenvalue weighted by molar-refractivity contribution is -0.161. The van der Waals surface area contributed by atoms with Gasteiger partial charge in [0.05, 0.1) is 6.61 Å². The minimum Gasteiger partial charge on any atom is -0.462 e. The van der Waals surface area contributed by atoms with E-state index in [0.29, 0.717) is 6.42 Å². The zero-order valence-corrected chi connectivity index (χ0v) is 33.0. The molecule has 0 bridgehead atoms. The second-order valence-electron chi connectivity index (χ2n) is 14.3. The van der Waals surface area contributed by atoms with Crippen molar-refractivity contribution in [2.75, 3.05) is 13.2 Å². The lowest BCUT2D eigenvalue weighted by Gasteiger charge is -2.18. The molecular formula is C40H79O8P. The van der Waals surface area contributed by atoms with Crippen molar-refractivity contribution >= 4 is 19.8 Å². The molecule has 0 radical (unpaired) electrons. The molecule has 0 aliphatic carbocycles. The molecule has 0 aromatic rings. The molecule has 9 heteroatoms. The molecular weight excluding hydrogens is 639 g/mol. The van der Waals surface area contributed by atoms with E-state index < -0.39 is 32.5 Å². The molecule has 292 valence electrons. The Bertz CT molecular complexity index is 771. The van der Waals surface area contributed by atoms with Gasteiger partial charge in [0.15, 0.2) is 6.10 Å². The first-order valence-corrected chi connectivity index (χ1v) is 22.4. The summed E-state index contributed by atoms with van der Waals surface area (Å²) in [5, 5.41) is 0. The molecule has 0 unspecified atom stereocenters. The van der Waals surface area contributed by atoms with Crippen LogP contribution in [0.15, 0.2) is 0 Å². The third-order valence-electron chi connectivity index (χ3n) is 9.38. The van der Waals surface area contributed by atoms with Crippen molar-refractivity contribution in [3.63, 3.8) is 0 Å². The molecule has 0 rings (SSSR count). The highest BCUT2D eigenvalue weighted by Crippen LogP contribution is 2.36. The Morgan fingerprint density at radius 3 is 1.04 bits per heavy atom. The Labute approximate surface area is 302 Å². The summed E-state index contributed by atoms with van der Waals surface area (Å²) in [6.45, 7) is 3.67. The van der Waals surface area contributed by atoms with Crippen LogP contribution in [0.3, 0.4) is 0 Å². The second-order valence-corrected chi connectivity index (χ2v) is 15.6. The Balaban J connectivity index is 3.71. The van der Waals surface area contributed by atoms with Crippen LogP contribution in [0.25, 0.3) is 0 Å². The predicted octanol–water partition coefficient (Wildman–Crippen LogP) is 12.5. The Morgan fingerprint density at radius 2 is 0.735 bits per heavy atom. The second kappa shape index (κ2) is 36.8. The van der Waals surface area contributed by atoms with Gasteiger partial charge in [-0.25, -0.2) is 4.57 Å². The van der Waals surface area contributed by atoms with Crippen molar-refractivity contribution < 1.29 is 37.9 Å². The van der Waals surface area contributed by atoms with Gasteiger partial charge in [-0.3, -0.25) is 14.1 Å². The number of hydrogen-bond donors (Lipinski definition) is 2. The molecule has 0 heterocycles. The average molecular weight is 719 g/mol. The molecule has 0 saturated heterocycles. The summed E-state index contributed by atoms with van der Waals surface area (Å²) in [7, 11) is -4.74. The Hall–Kier alpha value is -0.950. The zero-order valence-electron chi connectivity index (χ0n) is 32.1. The van der Waals surface area contributed by atoms with Crippen LogP contribution in [0.4, 0.5) is 0 Å². The van der Waals surface area contributed by atoms with E-state index in [1.165, 1.54) is 154 Å². The first-order chi connectivity index (χ1) is 23.8. The highest BCUT2D eigenvalue weighted by molar-refractivity contribution is 7.46. The van der Waals surface area contributed by atoms with Gasteiger partial charge in [0.2, 0.25) is 0 Å². The maximum atomic E-state index is 12.3. The van der Waals surface area contributed by atoms with Crippen molar-refractivity contribution in [3.8, 4) is 0 Å². The molecule has 1 atom stereocenters. The quantitative estimate of drug-likeness (QED) is 0.0366. The first kappa shape index (κ1) is 48.0. The van der Waals surface area contributed by atoms with Crippen LogP contribution in [0.2, 0.25) is 0 Å². The number of rotatable bonds is 39. The van der Waals surface area contributed by atoms with E-state index >= 15 is 0 Å². The fraction of sp³-hybridized carbons (Fsp3) is 0.950. The van der Waals surface area contributed by atoms with Crippen LogP contribution in [0.1, 0.15) is 226 Å². The molecule has 8 nitrogen and oxygen atoms in total. The third kappa shape index (κ3) is 39.7. The number of ether oxygens (including phenoxy) is 2. The number of carbonyl (C=O) groups excluding carboxylic acids is 2. The monoisotopic (exact) mass is 719 g/mol. The minimum atomic E-state index is -4.74. The number of unbranched alkanes of at least 4 members (excludes halogenated alkanes) is 29. The first-order valence-electron chi connectivity index (χ1n) is 20.8. The van der Waals surface area contributed by atoms with Gasteiger partial charge in [0.1, 0.15) is 6.61 Å². The fourth-order valence-corrected chi connectivity index (χ4v) is 6.62. The van der Waals surface area contributed by atoms with Crippen molar-refractivity contribution in [1.29, 1.82) is 0 Å². The number of hydrogen-bond acceptors (Lipinski definition) is 6. The zero-order chi connectivity index (χ0) is 36.1. The molecule has 0 saturated carbocycles. The molecule has 0 aromatic heterocycles. The molecule has 0 amide bonds. The van der Waals surface area contributed by atoms with Crippen molar-refractivity contribution in [3.05, 3.63) is 0 Å². The van der Waals surface area contributed by atoms with Crippen molar-refractivity contribution in [1.82, 2.24) is 0 Å². The molecule has 0 aromatic carbocycles.